The zero-order valence-corrected chi connectivity index (χ0v) is 36.2. The molecule has 0 bridgehead atoms. The van der Waals surface area contributed by atoms with Crippen molar-refractivity contribution in [3.63, 3.8) is 0 Å². The van der Waals surface area contributed by atoms with E-state index in [1.165, 1.54) is 30.3 Å². The first-order chi connectivity index (χ1) is 29.8. The molecule has 0 saturated heterocycles. The average Bonchev–Trinajstić information content (AvgIpc) is 3.25. The predicted molar refractivity (Wildman–Crippen MR) is 233 cm³/mol. The number of nitro benzene ring substituents is 1. The molecule has 1 heterocycles. The summed E-state index contributed by atoms with van der Waals surface area (Å²) in [5.74, 6) is -1.60. The number of fused-ring (bicyclic) bond motifs is 2. The number of benzene rings is 3. The number of ether oxygens (including phenoxy) is 4. The Morgan fingerprint density at radius 3 is 2.42 bits per heavy atom. The Balaban J connectivity index is 1.56. The molecular weight excluding hydrogens is 798 g/mol. The van der Waals surface area contributed by atoms with Crippen LogP contribution in [0.25, 0.3) is 0 Å². The third-order valence-corrected chi connectivity index (χ3v) is 11.8. The van der Waals surface area contributed by atoms with Crippen LogP contribution in [0.2, 0.25) is 0 Å². The molecule has 334 valence electrons. The first-order valence-corrected chi connectivity index (χ1v) is 21.7. The topological polar surface area (TPSA) is 162 Å². The van der Waals surface area contributed by atoms with E-state index in [1.54, 1.807) is 35.2 Å². The van der Waals surface area contributed by atoms with Gasteiger partial charge in [0.25, 0.3) is 5.69 Å². The monoisotopic (exact) mass is 857 g/mol. The molecule has 3 aromatic rings. The Labute approximate surface area is 363 Å². The largest absolute Gasteiger partial charge is 0.489 e. The zero-order valence-electron chi connectivity index (χ0n) is 36.2. The van der Waals surface area contributed by atoms with Gasteiger partial charge in [-0.15, -0.1) is 6.58 Å². The first kappa shape index (κ1) is 46.2. The molecule has 2 aliphatic carbocycles. The third-order valence-electron chi connectivity index (χ3n) is 11.8. The summed E-state index contributed by atoms with van der Waals surface area (Å²) in [5.41, 5.74) is 1.98. The van der Waals surface area contributed by atoms with Crippen molar-refractivity contribution in [3.8, 4) is 17.2 Å². The number of rotatable bonds is 20. The van der Waals surface area contributed by atoms with Gasteiger partial charge in [-0.3, -0.25) is 15.0 Å². The Hall–Kier alpha value is -5.31. The van der Waals surface area contributed by atoms with Crippen molar-refractivity contribution in [3.05, 3.63) is 118 Å². The quantitative estimate of drug-likeness (QED) is 0.0484. The van der Waals surface area contributed by atoms with E-state index in [0.717, 1.165) is 36.8 Å². The fourth-order valence-corrected chi connectivity index (χ4v) is 9.12. The number of carbonyl (C=O) groups is 1. The normalized spacial score (nSPS) is 23.3. The van der Waals surface area contributed by atoms with Crippen LogP contribution in [0.3, 0.4) is 0 Å². The number of halogens is 1. The molecule has 1 saturated carbocycles. The summed E-state index contributed by atoms with van der Waals surface area (Å²) in [6.07, 6.45) is 8.19. The fraction of sp³-hybridized carbons (Fsp3) is 0.500. The third kappa shape index (κ3) is 10.5. The lowest BCUT2D eigenvalue weighted by Gasteiger charge is -2.60. The van der Waals surface area contributed by atoms with E-state index in [1.807, 2.05) is 39.8 Å². The van der Waals surface area contributed by atoms with Gasteiger partial charge in [0.05, 0.1) is 23.2 Å². The summed E-state index contributed by atoms with van der Waals surface area (Å²) in [6.45, 7) is 12.1. The van der Waals surface area contributed by atoms with Gasteiger partial charge in [-0.05, 0) is 107 Å². The number of nitro groups is 1. The van der Waals surface area contributed by atoms with Crippen LogP contribution in [-0.4, -0.2) is 75.6 Å². The molecule has 3 aromatic carbocycles. The van der Waals surface area contributed by atoms with Crippen LogP contribution < -0.4 is 14.2 Å². The smallest absolute Gasteiger partial charge is 0.415 e. The van der Waals surface area contributed by atoms with Crippen LogP contribution in [0.15, 0.2) is 96.2 Å². The van der Waals surface area contributed by atoms with E-state index in [9.17, 15) is 29.5 Å². The lowest BCUT2D eigenvalue weighted by molar-refractivity contribution is -0.384. The lowest BCUT2D eigenvalue weighted by Crippen LogP contribution is -2.70. The second kappa shape index (κ2) is 20.7. The van der Waals surface area contributed by atoms with Crippen molar-refractivity contribution >= 4 is 17.5 Å². The minimum atomic E-state index is -1.52. The second-order valence-electron chi connectivity index (χ2n) is 17.2. The highest BCUT2D eigenvalue weighted by molar-refractivity contribution is 6.03. The van der Waals surface area contributed by atoms with Crippen molar-refractivity contribution in [2.24, 2.45) is 22.9 Å². The molecule has 6 rings (SSSR count). The SMILES string of the molecule is C=CCOC12Oc3ccc(OCc4ccccc4F)cc3C3C(CCCCO)C(CCCCO)C=C(C(=NOC(C)(C)C)CC1N(CCC)C(=O)Oc1ccc([N+](=O)[O-])cc1)C32. The van der Waals surface area contributed by atoms with Crippen LogP contribution in [-0.2, 0) is 16.2 Å². The summed E-state index contributed by atoms with van der Waals surface area (Å²) in [5, 5.41) is 36.1. The number of hydrogen-bond donors (Lipinski definition) is 2. The van der Waals surface area contributed by atoms with Crippen LogP contribution in [0.4, 0.5) is 14.9 Å². The number of oxime groups is 1. The summed E-state index contributed by atoms with van der Waals surface area (Å²) < 4.78 is 41.2. The highest BCUT2D eigenvalue weighted by Crippen LogP contribution is 2.62. The minimum absolute atomic E-state index is 0.00747. The highest BCUT2D eigenvalue weighted by atomic mass is 19.1. The number of carbonyl (C=O) groups excluding carboxylic acids is 1. The van der Waals surface area contributed by atoms with Crippen molar-refractivity contribution < 1.29 is 48.1 Å². The number of aliphatic hydroxyl groups excluding tert-OH is 2. The molecule has 6 unspecified atom stereocenters. The lowest BCUT2D eigenvalue weighted by atomic mass is 9.55. The van der Waals surface area contributed by atoms with Gasteiger partial charge in [-0.1, -0.05) is 55.3 Å². The van der Waals surface area contributed by atoms with Gasteiger partial charge in [-0.25, -0.2) is 9.18 Å². The molecule has 14 heteroatoms. The molecule has 0 spiro atoms. The first-order valence-electron chi connectivity index (χ1n) is 21.7. The standard InChI is InChI=1S/C48H60FN3O10/c1-6-24-51(46(55)60-35-20-18-34(19-21-35)52(56)57)43-30-41(50-62-47(3,4)5)38-28-32(14-10-12-25-53)37(16-11-13-26-54)44-39-29-36(58-31-33-15-8-9-17-40(33)49)22-23-42(39)61-48(43,45(38)44)59-27-7-2/h7-9,15,17-23,28-29,32,37,43-45,53-54H,2,6,10-14,16,24-27,30-31H2,1,3-5H3. The van der Waals surface area contributed by atoms with E-state index in [-0.39, 0.29) is 74.4 Å². The van der Waals surface area contributed by atoms with Crippen LogP contribution in [0, 0.1) is 33.7 Å². The van der Waals surface area contributed by atoms with Crippen molar-refractivity contribution in [1.82, 2.24) is 4.90 Å². The Bertz CT molecular complexity index is 2090. The number of aliphatic hydroxyl groups is 2. The number of non-ortho nitro benzene ring substituents is 1. The van der Waals surface area contributed by atoms with E-state index < -0.39 is 34.4 Å². The Kier molecular flexibility index (Phi) is 15.4. The number of nitrogens with zero attached hydrogens (tertiary/aromatic N) is 3. The Morgan fingerprint density at radius 2 is 1.76 bits per heavy atom. The van der Waals surface area contributed by atoms with Crippen LogP contribution in [0.5, 0.6) is 17.2 Å². The molecule has 3 aliphatic rings. The van der Waals surface area contributed by atoms with E-state index in [4.69, 9.17) is 28.9 Å². The number of hydrogen-bond acceptors (Lipinski definition) is 11. The molecule has 62 heavy (non-hydrogen) atoms. The van der Waals surface area contributed by atoms with Crippen LogP contribution in [0.1, 0.15) is 96.1 Å². The summed E-state index contributed by atoms with van der Waals surface area (Å²) in [7, 11) is 0. The van der Waals surface area contributed by atoms with Crippen molar-refractivity contribution in [1.29, 1.82) is 0 Å². The molecule has 1 amide bonds. The Morgan fingerprint density at radius 1 is 1.05 bits per heavy atom. The van der Waals surface area contributed by atoms with Crippen molar-refractivity contribution in [2.75, 3.05) is 26.4 Å². The summed E-state index contributed by atoms with van der Waals surface area (Å²) in [6, 6.07) is 16.6. The second-order valence-corrected chi connectivity index (χ2v) is 17.2. The van der Waals surface area contributed by atoms with Gasteiger partial charge < -0.3 is 34.0 Å². The zero-order chi connectivity index (χ0) is 44.4. The molecule has 0 radical (unpaired) electrons. The van der Waals surface area contributed by atoms with Gasteiger partial charge in [0.2, 0.25) is 5.79 Å². The van der Waals surface area contributed by atoms with Crippen molar-refractivity contribution in [2.45, 2.75) is 109 Å². The van der Waals surface area contributed by atoms with Crippen LogP contribution >= 0.6 is 0 Å². The maximum Gasteiger partial charge on any atom is 0.415 e. The van der Waals surface area contributed by atoms with Gasteiger partial charge in [0, 0.05) is 55.4 Å². The predicted octanol–water partition coefficient (Wildman–Crippen LogP) is 9.66. The van der Waals surface area contributed by atoms with Gasteiger partial charge >= 0.3 is 6.09 Å². The fourth-order valence-electron chi connectivity index (χ4n) is 9.12. The number of unbranched alkanes of at least 4 members (excludes halogenated alkanes) is 2. The number of allylic oxidation sites excluding steroid dienone is 1. The number of amides is 1. The van der Waals surface area contributed by atoms with Gasteiger partial charge in [0.15, 0.2) is 0 Å². The van der Waals surface area contributed by atoms with E-state index >= 15 is 0 Å². The maximum absolute atomic E-state index is 14.7. The average molecular weight is 858 g/mol. The highest BCUT2D eigenvalue weighted by Gasteiger charge is 2.65. The van der Waals surface area contributed by atoms with E-state index in [2.05, 4.69) is 12.7 Å². The molecule has 2 N–H and O–H groups in total. The molecule has 1 fully saturated rings. The van der Waals surface area contributed by atoms with Gasteiger partial charge in [-0.2, -0.15) is 0 Å². The molecule has 0 aromatic heterocycles. The maximum atomic E-state index is 14.7. The molecular formula is C48H60FN3O10. The van der Waals surface area contributed by atoms with Gasteiger partial charge in [0.1, 0.15) is 41.3 Å². The summed E-state index contributed by atoms with van der Waals surface area (Å²) >= 11 is 0. The molecule has 6 atom stereocenters. The minimum Gasteiger partial charge on any atom is -0.489 e. The molecule has 13 nitrogen and oxygen atoms in total. The molecule has 1 aliphatic heterocycles. The summed E-state index contributed by atoms with van der Waals surface area (Å²) in [4.78, 5) is 33.3. The van der Waals surface area contributed by atoms with E-state index in [0.29, 0.717) is 42.0 Å².